The third-order valence-electron chi connectivity index (χ3n) is 12.8. The summed E-state index contributed by atoms with van der Waals surface area (Å²) in [5, 5.41) is 9.44. The topological polar surface area (TPSA) is 34.5 Å². The normalized spacial score (nSPS) is 17.1. The van der Waals surface area contributed by atoms with Crippen molar-refractivity contribution in [2.24, 2.45) is 0 Å². The van der Waals surface area contributed by atoms with Crippen LogP contribution in [0, 0.1) is 0 Å². The predicted molar refractivity (Wildman–Crippen MR) is 261 cm³/mol. The first-order valence-corrected chi connectivity index (χ1v) is 21.5. The van der Waals surface area contributed by atoms with Crippen molar-refractivity contribution in [1.82, 2.24) is 9.47 Å². The molecule has 2 atom stereocenters. The zero-order chi connectivity index (χ0) is 41.1. The van der Waals surface area contributed by atoms with Gasteiger partial charge in [-0.15, -0.1) is 0 Å². The first-order chi connectivity index (χ1) is 30.7. The Morgan fingerprint density at radius 2 is 1.27 bits per heavy atom. The minimum Gasteiger partial charge on any atom is -0.456 e. The molecule has 0 radical (unpaired) electrons. The van der Waals surface area contributed by atoms with Crippen molar-refractivity contribution < 1.29 is 8.83 Å². The average Bonchev–Trinajstić information content (AvgIpc) is 3.99. The number of benzene rings is 7. The highest BCUT2D eigenvalue weighted by atomic mass is 16.3. The summed E-state index contributed by atoms with van der Waals surface area (Å²) in [6.45, 7) is 4.10. The van der Waals surface area contributed by atoms with E-state index < -0.39 is 0 Å². The Hall–Kier alpha value is -7.82. The average molecular weight is 799 g/mol. The van der Waals surface area contributed by atoms with Crippen LogP contribution in [0.1, 0.15) is 24.0 Å². The Morgan fingerprint density at radius 3 is 2.05 bits per heavy atom. The van der Waals surface area contributed by atoms with Crippen LogP contribution in [-0.2, 0) is 0 Å². The number of aromatic nitrogens is 1. The molecule has 10 aromatic rings. The Kier molecular flexibility index (Phi) is 8.56. The molecule has 296 valence electrons. The highest BCUT2D eigenvalue weighted by molar-refractivity contribution is 6.11. The summed E-state index contributed by atoms with van der Waals surface area (Å²) in [7, 11) is 0. The van der Waals surface area contributed by atoms with Crippen LogP contribution in [0.2, 0.25) is 0 Å². The zero-order valence-electron chi connectivity index (χ0n) is 34.1. The first kappa shape index (κ1) is 36.1. The van der Waals surface area contributed by atoms with Gasteiger partial charge in [-0.25, -0.2) is 0 Å². The van der Waals surface area contributed by atoms with Crippen molar-refractivity contribution in [2.75, 3.05) is 0 Å². The second-order valence-electron chi connectivity index (χ2n) is 16.4. The van der Waals surface area contributed by atoms with Crippen LogP contribution < -0.4 is 0 Å². The van der Waals surface area contributed by atoms with E-state index in [1.165, 1.54) is 49.4 Å². The van der Waals surface area contributed by atoms with Gasteiger partial charge in [-0.3, -0.25) is 0 Å². The van der Waals surface area contributed by atoms with Crippen LogP contribution >= 0.6 is 0 Å². The van der Waals surface area contributed by atoms with Gasteiger partial charge in [0.25, 0.3) is 0 Å². The molecule has 0 spiro atoms. The van der Waals surface area contributed by atoms with Gasteiger partial charge in [-0.05, 0) is 107 Å². The van der Waals surface area contributed by atoms with Crippen LogP contribution in [0.5, 0.6) is 0 Å². The van der Waals surface area contributed by atoms with E-state index in [9.17, 15) is 0 Å². The molecule has 62 heavy (non-hydrogen) atoms. The maximum atomic E-state index is 6.42. The fourth-order valence-corrected chi connectivity index (χ4v) is 9.91. The standard InChI is InChI=1S/C58H42N2O2/c1-2-3-15-44(32-38-24-30-56-50(33-38)52-34-40-13-4-5-14-41(40)36-58(52)62-56)59(43-28-25-39(26-29-43)42-27-31-57-51(35-42)49-20-8-11-23-55(49)61-57)45-16-12-17-46(37-45)60-53-21-9-6-18-47(53)48-19-7-10-22-54(48)60/h2-28,30-36,43,45H,1,29,37H2/b15-3-,44-32-. The number of nitrogens with zero attached hydrogens (tertiary/aromatic N) is 2. The molecule has 4 nitrogen and oxygen atoms in total. The van der Waals surface area contributed by atoms with Gasteiger partial charge in [-0.1, -0.05) is 140 Å². The fraction of sp³-hybridized carbons (Fsp3) is 0.0690. The third kappa shape index (κ3) is 6.06. The van der Waals surface area contributed by atoms with Crippen LogP contribution in [0.25, 0.3) is 93.8 Å². The summed E-state index contributed by atoms with van der Waals surface area (Å²) in [5.74, 6) is 0. The van der Waals surface area contributed by atoms with Gasteiger partial charge < -0.3 is 18.3 Å². The number of fused-ring (bicyclic) bond motifs is 10. The Morgan fingerprint density at radius 1 is 0.613 bits per heavy atom. The molecule has 4 heteroatoms. The van der Waals surface area contributed by atoms with Crippen LogP contribution in [0.4, 0.5) is 0 Å². The first-order valence-electron chi connectivity index (χ1n) is 21.5. The summed E-state index contributed by atoms with van der Waals surface area (Å²) < 4.78 is 15.1. The SMILES string of the molecule is C=C/C=C\C(=C\c1ccc2oc3cc4ccccc4cc3c2c1)N(C1C=CC(c2ccc3oc4ccccc4c3c2)=CC1)C1C=CC=C(n2c3ccccc3c3ccccc32)C1. The molecular weight excluding hydrogens is 757 g/mol. The highest BCUT2D eigenvalue weighted by Crippen LogP contribution is 2.39. The number of furan rings is 2. The number of allylic oxidation sites excluding steroid dienone is 7. The molecule has 0 saturated heterocycles. The molecule has 7 aromatic carbocycles. The smallest absolute Gasteiger partial charge is 0.136 e. The van der Waals surface area contributed by atoms with E-state index in [4.69, 9.17) is 8.83 Å². The molecule has 3 heterocycles. The summed E-state index contributed by atoms with van der Waals surface area (Å²) in [6.07, 6.45) is 24.2. The monoisotopic (exact) mass is 798 g/mol. The van der Waals surface area contributed by atoms with Crippen LogP contribution in [0.15, 0.2) is 221 Å². The van der Waals surface area contributed by atoms with E-state index in [2.05, 4.69) is 204 Å². The van der Waals surface area contributed by atoms with Crippen LogP contribution in [0.3, 0.4) is 0 Å². The van der Waals surface area contributed by atoms with Gasteiger partial charge in [0, 0.05) is 50.1 Å². The molecule has 2 unspecified atom stereocenters. The number of hydrogen-bond acceptors (Lipinski definition) is 3. The summed E-state index contributed by atoms with van der Waals surface area (Å²) in [5.41, 5.74) is 12.0. The molecule has 2 aliphatic rings. The van der Waals surface area contributed by atoms with Crippen molar-refractivity contribution >= 4 is 93.8 Å². The minimum atomic E-state index is 0.0544. The summed E-state index contributed by atoms with van der Waals surface area (Å²) >= 11 is 0. The van der Waals surface area contributed by atoms with E-state index in [1.54, 1.807) is 0 Å². The van der Waals surface area contributed by atoms with Crippen LogP contribution in [-0.4, -0.2) is 21.6 Å². The lowest BCUT2D eigenvalue weighted by atomic mass is 9.92. The lowest BCUT2D eigenvalue weighted by Gasteiger charge is -2.40. The zero-order valence-corrected chi connectivity index (χ0v) is 34.1. The lowest BCUT2D eigenvalue weighted by molar-refractivity contribution is 0.256. The second kappa shape index (κ2) is 14.7. The summed E-state index contributed by atoms with van der Waals surface area (Å²) in [6, 6.07) is 52.0. The van der Waals surface area contributed by atoms with Gasteiger partial charge in [0.1, 0.15) is 22.3 Å². The van der Waals surface area contributed by atoms with Gasteiger partial charge in [0.2, 0.25) is 0 Å². The minimum absolute atomic E-state index is 0.0544. The molecule has 12 rings (SSSR count). The van der Waals surface area contributed by atoms with E-state index >= 15 is 0 Å². The van der Waals surface area contributed by atoms with E-state index in [0.29, 0.717) is 0 Å². The van der Waals surface area contributed by atoms with Crippen molar-refractivity contribution in [2.45, 2.75) is 24.9 Å². The molecule has 0 saturated carbocycles. The highest BCUT2D eigenvalue weighted by Gasteiger charge is 2.29. The molecule has 0 amide bonds. The maximum Gasteiger partial charge on any atom is 0.136 e. The van der Waals surface area contributed by atoms with E-state index in [1.807, 2.05) is 18.2 Å². The molecule has 0 aliphatic heterocycles. The molecular formula is C58H42N2O2. The number of rotatable bonds is 8. The Bertz CT molecular complexity index is 3580. The maximum absolute atomic E-state index is 6.42. The largest absolute Gasteiger partial charge is 0.456 e. The Balaban J connectivity index is 0.962. The van der Waals surface area contributed by atoms with Gasteiger partial charge in [-0.2, -0.15) is 0 Å². The fourth-order valence-electron chi connectivity index (χ4n) is 9.91. The summed E-state index contributed by atoms with van der Waals surface area (Å²) in [4.78, 5) is 2.61. The number of para-hydroxylation sites is 3. The predicted octanol–water partition coefficient (Wildman–Crippen LogP) is 15.4. The molecule has 3 aromatic heterocycles. The van der Waals surface area contributed by atoms with Crippen molar-refractivity contribution in [3.05, 3.63) is 224 Å². The molecule has 0 fully saturated rings. The Labute approximate surface area is 359 Å². The van der Waals surface area contributed by atoms with Crippen molar-refractivity contribution in [1.29, 1.82) is 0 Å². The lowest BCUT2D eigenvalue weighted by Crippen LogP contribution is -2.41. The molecule has 0 N–H and O–H groups in total. The molecule has 2 aliphatic carbocycles. The second-order valence-corrected chi connectivity index (χ2v) is 16.4. The molecule has 0 bridgehead atoms. The van der Waals surface area contributed by atoms with Crippen molar-refractivity contribution in [3.63, 3.8) is 0 Å². The van der Waals surface area contributed by atoms with Crippen molar-refractivity contribution in [3.8, 4) is 0 Å². The van der Waals surface area contributed by atoms with E-state index in [0.717, 1.165) is 68.0 Å². The van der Waals surface area contributed by atoms with Gasteiger partial charge in [0.15, 0.2) is 0 Å². The number of hydrogen-bond donors (Lipinski definition) is 0. The van der Waals surface area contributed by atoms with Gasteiger partial charge >= 0.3 is 0 Å². The quantitative estimate of drug-likeness (QED) is 0.144. The van der Waals surface area contributed by atoms with Gasteiger partial charge in [0.05, 0.1) is 23.1 Å². The van der Waals surface area contributed by atoms with E-state index in [-0.39, 0.29) is 12.1 Å². The third-order valence-corrected chi connectivity index (χ3v) is 12.8.